The lowest BCUT2D eigenvalue weighted by atomic mass is 10.1. The van der Waals surface area contributed by atoms with Gasteiger partial charge in [-0.2, -0.15) is 0 Å². The summed E-state index contributed by atoms with van der Waals surface area (Å²) in [6.07, 6.45) is -3.30. The number of alkyl halides is 3. The van der Waals surface area contributed by atoms with E-state index < -0.39 is 6.36 Å². The van der Waals surface area contributed by atoms with Crippen LogP contribution in [-0.2, 0) is 17.9 Å². The van der Waals surface area contributed by atoms with Gasteiger partial charge in [0.25, 0.3) is 5.56 Å². The molecule has 138 valence electrons. The molecular formula is C16H14F3N3O3S. The molecule has 1 unspecified atom stereocenters. The largest absolute Gasteiger partial charge is 0.573 e. The van der Waals surface area contributed by atoms with E-state index in [2.05, 4.69) is 15.0 Å². The van der Waals surface area contributed by atoms with Gasteiger partial charge in [-0.05, 0) is 17.7 Å². The van der Waals surface area contributed by atoms with Gasteiger partial charge in [0, 0.05) is 31.1 Å². The van der Waals surface area contributed by atoms with E-state index >= 15 is 0 Å². The number of carbonyl (C=O) groups excluding carboxylic acids is 1. The number of nitrogens with zero attached hydrogens (tertiary/aromatic N) is 2. The van der Waals surface area contributed by atoms with Crippen molar-refractivity contribution < 1.29 is 22.7 Å². The summed E-state index contributed by atoms with van der Waals surface area (Å²) in [4.78, 5) is 28.2. The topological polar surface area (TPSA) is 73.2 Å². The SMILES string of the molecule is O=C(NCc1ccc(OC(F)(F)F)cc1)C1CSc2nccc(=O)n2C1. The summed E-state index contributed by atoms with van der Waals surface area (Å²) < 4.78 is 41.6. The molecule has 0 saturated heterocycles. The number of carbonyl (C=O) groups is 1. The van der Waals surface area contributed by atoms with Crippen LogP contribution in [0.4, 0.5) is 13.2 Å². The number of amides is 1. The van der Waals surface area contributed by atoms with Gasteiger partial charge in [-0.1, -0.05) is 23.9 Å². The van der Waals surface area contributed by atoms with Gasteiger partial charge >= 0.3 is 6.36 Å². The summed E-state index contributed by atoms with van der Waals surface area (Å²) in [6.45, 7) is 0.417. The minimum Gasteiger partial charge on any atom is -0.406 e. The monoisotopic (exact) mass is 385 g/mol. The summed E-state index contributed by atoms with van der Waals surface area (Å²) in [6, 6.07) is 6.61. The van der Waals surface area contributed by atoms with Crippen molar-refractivity contribution in [3.63, 3.8) is 0 Å². The van der Waals surface area contributed by atoms with Crippen LogP contribution in [0.2, 0.25) is 0 Å². The number of rotatable bonds is 4. The highest BCUT2D eigenvalue weighted by Crippen LogP contribution is 2.25. The Morgan fingerprint density at radius 2 is 2.04 bits per heavy atom. The van der Waals surface area contributed by atoms with Crippen molar-refractivity contribution >= 4 is 17.7 Å². The van der Waals surface area contributed by atoms with Crippen LogP contribution in [0.3, 0.4) is 0 Å². The summed E-state index contributed by atoms with van der Waals surface area (Å²) in [5, 5.41) is 3.32. The molecule has 6 nitrogen and oxygen atoms in total. The van der Waals surface area contributed by atoms with E-state index in [9.17, 15) is 22.8 Å². The number of thioether (sulfide) groups is 1. The summed E-state index contributed by atoms with van der Waals surface area (Å²) in [5.41, 5.74) is 0.427. The molecule has 1 atom stereocenters. The van der Waals surface area contributed by atoms with Gasteiger partial charge < -0.3 is 10.1 Å². The molecule has 1 aliphatic heterocycles. The first-order valence-electron chi connectivity index (χ1n) is 7.63. The van der Waals surface area contributed by atoms with E-state index in [1.54, 1.807) is 0 Å². The number of nitrogens with one attached hydrogen (secondary N) is 1. The summed E-state index contributed by atoms with van der Waals surface area (Å²) in [5.74, 6) is -0.433. The zero-order valence-electron chi connectivity index (χ0n) is 13.3. The number of aromatic nitrogens is 2. The predicted molar refractivity (Wildman–Crippen MR) is 87.7 cm³/mol. The second-order valence-corrected chi connectivity index (χ2v) is 6.58. The first kappa shape index (κ1) is 18.3. The van der Waals surface area contributed by atoms with Crippen LogP contribution in [0.1, 0.15) is 5.56 Å². The molecular weight excluding hydrogens is 371 g/mol. The molecule has 10 heteroatoms. The predicted octanol–water partition coefficient (Wildman–Crippen LogP) is 2.18. The number of fused-ring (bicyclic) bond motifs is 1. The third-order valence-corrected chi connectivity index (χ3v) is 4.86. The maximum atomic E-state index is 12.3. The van der Waals surface area contributed by atoms with Crippen LogP contribution < -0.4 is 15.6 Å². The smallest absolute Gasteiger partial charge is 0.406 e. The minimum atomic E-state index is -4.74. The Morgan fingerprint density at radius 1 is 1.31 bits per heavy atom. The average molecular weight is 385 g/mol. The molecule has 1 amide bonds. The zero-order chi connectivity index (χ0) is 18.7. The normalized spacial score (nSPS) is 16.7. The number of hydrogen-bond donors (Lipinski definition) is 1. The molecule has 0 spiro atoms. The molecule has 1 N–H and O–H groups in total. The first-order valence-corrected chi connectivity index (χ1v) is 8.61. The highest BCUT2D eigenvalue weighted by Gasteiger charge is 2.31. The fraction of sp³-hybridized carbons (Fsp3) is 0.312. The van der Waals surface area contributed by atoms with Crippen molar-refractivity contribution in [1.29, 1.82) is 0 Å². The van der Waals surface area contributed by atoms with Crippen molar-refractivity contribution in [3.05, 3.63) is 52.4 Å². The molecule has 3 rings (SSSR count). The maximum absolute atomic E-state index is 12.3. The van der Waals surface area contributed by atoms with Crippen molar-refractivity contribution in [2.75, 3.05) is 5.75 Å². The van der Waals surface area contributed by atoms with Crippen LogP contribution in [0.15, 0.2) is 46.5 Å². The van der Waals surface area contributed by atoms with E-state index in [0.717, 1.165) is 0 Å². The highest BCUT2D eigenvalue weighted by molar-refractivity contribution is 7.99. The first-order chi connectivity index (χ1) is 12.3. The quantitative estimate of drug-likeness (QED) is 0.817. The van der Waals surface area contributed by atoms with Gasteiger partial charge in [0.05, 0.1) is 5.92 Å². The number of hydrogen-bond acceptors (Lipinski definition) is 5. The molecule has 2 aromatic rings. The highest BCUT2D eigenvalue weighted by atomic mass is 32.2. The molecule has 0 saturated carbocycles. The molecule has 0 bridgehead atoms. The molecule has 26 heavy (non-hydrogen) atoms. The molecule has 1 aromatic heterocycles. The van der Waals surface area contributed by atoms with Crippen molar-refractivity contribution in [1.82, 2.24) is 14.9 Å². The van der Waals surface area contributed by atoms with Crippen LogP contribution in [0, 0.1) is 5.92 Å². The van der Waals surface area contributed by atoms with Crippen LogP contribution in [0.25, 0.3) is 0 Å². The van der Waals surface area contributed by atoms with Crippen LogP contribution >= 0.6 is 11.8 Å². The molecule has 0 aliphatic carbocycles. The lowest BCUT2D eigenvalue weighted by Crippen LogP contribution is -2.39. The van der Waals surface area contributed by atoms with E-state index in [0.29, 0.717) is 16.5 Å². The van der Waals surface area contributed by atoms with Gasteiger partial charge in [-0.25, -0.2) is 4.98 Å². The van der Waals surface area contributed by atoms with Crippen molar-refractivity contribution in [2.45, 2.75) is 24.6 Å². The van der Waals surface area contributed by atoms with Crippen molar-refractivity contribution in [2.24, 2.45) is 5.92 Å². The van der Waals surface area contributed by atoms with E-state index in [1.807, 2.05) is 0 Å². The lowest BCUT2D eigenvalue weighted by Gasteiger charge is -2.23. The van der Waals surface area contributed by atoms with Crippen molar-refractivity contribution in [3.8, 4) is 5.75 Å². The number of halogens is 3. The Labute approximate surface area is 150 Å². The van der Waals surface area contributed by atoms with Gasteiger partial charge in [0.2, 0.25) is 5.91 Å². The Morgan fingerprint density at radius 3 is 2.73 bits per heavy atom. The third-order valence-electron chi connectivity index (χ3n) is 3.71. The lowest BCUT2D eigenvalue weighted by molar-refractivity contribution is -0.274. The molecule has 0 radical (unpaired) electrons. The Balaban J connectivity index is 1.56. The third kappa shape index (κ3) is 4.57. The Kier molecular flexibility index (Phi) is 5.21. The second-order valence-electron chi connectivity index (χ2n) is 5.59. The van der Waals surface area contributed by atoms with Gasteiger partial charge in [0.1, 0.15) is 5.75 Å². The molecule has 1 aromatic carbocycles. The maximum Gasteiger partial charge on any atom is 0.573 e. The molecule has 2 heterocycles. The fourth-order valence-corrected chi connectivity index (χ4v) is 3.51. The number of ether oxygens (including phenoxy) is 1. The van der Waals surface area contributed by atoms with Gasteiger partial charge in [0.15, 0.2) is 5.16 Å². The van der Waals surface area contributed by atoms with Crippen LogP contribution in [0.5, 0.6) is 5.75 Å². The Bertz CT molecular complexity index is 852. The molecule has 0 fully saturated rings. The van der Waals surface area contributed by atoms with Gasteiger partial charge in [-0.3, -0.25) is 14.2 Å². The van der Waals surface area contributed by atoms with E-state index in [-0.39, 0.29) is 36.2 Å². The standard InChI is InChI=1S/C16H14F3N3O3S/c17-16(18,19)25-12-3-1-10(2-4-12)7-21-14(24)11-8-22-13(23)5-6-20-15(22)26-9-11/h1-6,11H,7-9H2,(H,21,24). The average Bonchev–Trinajstić information content (AvgIpc) is 2.60. The van der Waals surface area contributed by atoms with E-state index in [1.165, 1.54) is 52.9 Å². The summed E-state index contributed by atoms with van der Waals surface area (Å²) in [7, 11) is 0. The minimum absolute atomic E-state index is 0.168. The molecule has 1 aliphatic rings. The van der Waals surface area contributed by atoms with E-state index in [4.69, 9.17) is 0 Å². The second kappa shape index (κ2) is 7.40. The fourth-order valence-electron chi connectivity index (χ4n) is 2.45. The van der Waals surface area contributed by atoms with Gasteiger partial charge in [-0.15, -0.1) is 13.2 Å². The Hall–Kier alpha value is -2.49. The van der Waals surface area contributed by atoms with Crippen LogP contribution in [-0.4, -0.2) is 27.6 Å². The zero-order valence-corrected chi connectivity index (χ0v) is 14.1. The number of benzene rings is 1. The summed E-state index contributed by atoms with van der Waals surface area (Å²) >= 11 is 1.34.